The fourth-order valence-electron chi connectivity index (χ4n) is 2.91. The van der Waals surface area contributed by atoms with Crippen molar-refractivity contribution < 1.29 is 14.3 Å². The Morgan fingerprint density at radius 3 is 2.59 bits per heavy atom. The predicted octanol–water partition coefficient (Wildman–Crippen LogP) is 4.76. The van der Waals surface area contributed by atoms with Crippen LogP contribution in [0.4, 0.5) is 5.13 Å². The lowest BCUT2D eigenvalue weighted by atomic mass is 10.1. The molecule has 3 rings (SSSR count). The van der Waals surface area contributed by atoms with Crippen LogP contribution in [0, 0.1) is 0 Å². The van der Waals surface area contributed by atoms with Crippen molar-refractivity contribution in [1.82, 2.24) is 15.2 Å². The molecule has 0 saturated heterocycles. The van der Waals surface area contributed by atoms with E-state index in [0.29, 0.717) is 28.2 Å². The number of nitrogens with zero attached hydrogens (tertiary/aromatic N) is 3. The summed E-state index contributed by atoms with van der Waals surface area (Å²) < 4.78 is 10.6. The Morgan fingerprint density at radius 2 is 1.90 bits per heavy atom. The van der Waals surface area contributed by atoms with E-state index in [4.69, 9.17) is 9.47 Å². The first-order chi connectivity index (χ1) is 14.1. The highest BCUT2D eigenvalue weighted by Gasteiger charge is 2.16. The number of nitrogens with one attached hydrogen (secondary N) is 1. The third-order valence-electron chi connectivity index (χ3n) is 4.55. The average Bonchev–Trinajstić information content (AvgIpc) is 3.38. The zero-order valence-corrected chi connectivity index (χ0v) is 18.5. The van der Waals surface area contributed by atoms with Crippen molar-refractivity contribution in [2.75, 3.05) is 19.5 Å². The highest BCUT2D eigenvalue weighted by Crippen LogP contribution is 2.33. The Morgan fingerprint density at radius 1 is 1.14 bits per heavy atom. The first-order valence-corrected chi connectivity index (χ1v) is 11.1. The monoisotopic (exact) mass is 432 g/mol. The number of rotatable bonds is 9. The van der Waals surface area contributed by atoms with E-state index in [1.54, 1.807) is 14.2 Å². The molecule has 0 aliphatic heterocycles. The van der Waals surface area contributed by atoms with Crippen LogP contribution in [0.5, 0.6) is 11.5 Å². The topological polar surface area (TPSA) is 86.2 Å². The SMILES string of the molecule is CCC(CC)c1nnc(NC(=O)Cc2csc(-c3ccc(OC)c(OC)c3)n2)s1. The zero-order valence-electron chi connectivity index (χ0n) is 16.9. The van der Waals surface area contributed by atoms with Gasteiger partial charge in [-0.25, -0.2) is 4.98 Å². The van der Waals surface area contributed by atoms with Gasteiger partial charge in [0, 0.05) is 16.9 Å². The van der Waals surface area contributed by atoms with Gasteiger partial charge < -0.3 is 14.8 Å². The molecule has 29 heavy (non-hydrogen) atoms. The summed E-state index contributed by atoms with van der Waals surface area (Å²) in [5, 5.41) is 15.3. The van der Waals surface area contributed by atoms with Gasteiger partial charge in [0.15, 0.2) is 11.5 Å². The van der Waals surface area contributed by atoms with Crippen LogP contribution in [0.25, 0.3) is 10.6 Å². The molecular formula is C20H24N4O3S2. The summed E-state index contributed by atoms with van der Waals surface area (Å²) in [6.07, 6.45) is 2.21. The Bertz CT molecular complexity index is 966. The molecule has 7 nitrogen and oxygen atoms in total. The summed E-state index contributed by atoms with van der Waals surface area (Å²) in [7, 11) is 3.20. The average molecular weight is 433 g/mol. The maximum atomic E-state index is 12.4. The minimum atomic E-state index is -0.151. The van der Waals surface area contributed by atoms with Crippen molar-refractivity contribution in [3.63, 3.8) is 0 Å². The number of hydrogen-bond donors (Lipinski definition) is 1. The number of methoxy groups -OCH3 is 2. The molecule has 0 aliphatic carbocycles. The van der Waals surface area contributed by atoms with Crippen molar-refractivity contribution in [2.45, 2.75) is 39.0 Å². The fourth-order valence-corrected chi connectivity index (χ4v) is 4.75. The molecule has 154 valence electrons. The van der Waals surface area contributed by atoms with Gasteiger partial charge in [0.2, 0.25) is 11.0 Å². The van der Waals surface area contributed by atoms with Crippen molar-refractivity contribution in [2.24, 2.45) is 0 Å². The molecule has 0 saturated carbocycles. The first kappa shape index (κ1) is 21.2. The quantitative estimate of drug-likeness (QED) is 0.524. The van der Waals surface area contributed by atoms with Gasteiger partial charge in [0.05, 0.1) is 26.3 Å². The molecule has 1 amide bonds. The number of ether oxygens (including phenoxy) is 2. The van der Waals surface area contributed by atoms with Crippen molar-refractivity contribution in [1.29, 1.82) is 0 Å². The summed E-state index contributed by atoms with van der Waals surface area (Å²) in [5.41, 5.74) is 1.63. The van der Waals surface area contributed by atoms with E-state index in [1.165, 1.54) is 22.7 Å². The largest absolute Gasteiger partial charge is 0.493 e. The van der Waals surface area contributed by atoms with Crippen LogP contribution >= 0.6 is 22.7 Å². The molecule has 0 atom stereocenters. The number of anilines is 1. The first-order valence-electron chi connectivity index (χ1n) is 9.37. The summed E-state index contributed by atoms with van der Waals surface area (Å²) in [6.45, 7) is 4.26. The minimum Gasteiger partial charge on any atom is -0.493 e. The molecule has 0 aliphatic rings. The van der Waals surface area contributed by atoms with Gasteiger partial charge >= 0.3 is 0 Å². The van der Waals surface area contributed by atoms with Gasteiger partial charge in [-0.05, 0) is 31.0 Å². The zero-order chi connectivity index (χ0) is 20.8. The van der Waals surface area contributed by atoms with Gasteiger partial charge in [-0.15, -0.1) is 21.5 Å². The molecule has 2 heterocycles. The van der Waals surface area contributed by atoms with E-state index >= 15 is 0 Å². The third kappa shape index (κ3) is 5.10. The molecule has 0 bridgehead atoms. The Hall–Kier alpha value is -2.52. The second kappa shape index (κ2) is 9.80. The number of hydrogen-bond acceptors (Lipinski definition) is 8. The van der Waals surface area contributed by atoms with E-state index in [-0.39, 0.29) is 12.3 Å². The van der Waals surface area contributed by atoms with Crippen LogP contribution in [0.15, 0.2) is 23.6 Å². The van der Waals surface area contributed by atoms with Crippen LogP contribution in [0.2, 0.25) is 0 Å². The van der Waals surface area contributed by atoms with E-state index in [2.05, 4.69) is 34.3 Å². The lowest BCUT2D eigenvalue weighted by Gasteiger charge is -2.08. The Balaban J connectivity index is 1.65. The van der Waals surface area contributed by atoms with Gasteiger partial charge in [-0.2, -0.15) is 0 Å². The van der Waals surface area contributed by atoms with Crippen molar-refractivity contribution in [3.8, 4) is 22.1 Å². The molecule has 9 heteroatoms. The lowest BCUT2D eigenvalue weighted by Crippen LogP contribution is -2.14. The summed E-state index contributed by atoms with van der Waals surface area (Å²) in [4.78, 5) is 17.0. The highest BCUT2D eigenvalue weighted by molar-refractivity contribution is 7.15. The fraction of sp³-hybridized carbons (Fsp3) is 0.400. The predicted molar refractivity (Wildman–Crippen MR) is 116 cm³/mol. The summed E-state index contributed by atoms with van der Waals surface area (Å²) in [6, 6.07) is 5.64. The lowest BCUT2D eigenvalue weighted by molar-refractivity contribution is -0.115. The highest BCUT2D eigenvalue weighted by atomic mass is 32.1. The van der Waals surface area contributed by atoms with Crippen LogP contribution in [-0.2, 0) is 11.2 Å². The summed E-state index contributed by atoms with van der Waals surface area (Å²) >= 11 is 2.93. The van der Waals surface area contributed by atoms with Crippen LogP contribution < -0.4 is 14.8 Å². The molecule has 0 radical (unpaired) electrons. The van der Waals surface area contributed by atoms with E-state index in [1.807, 2.05) is 23.6 Å². The number of benzene rings is 1. The van der Waals surface area contributed by atoms with Crippen LogP contribution in [-0.4, -0.2) is 35.3 Å². The standard InChI is InChI=1S/C20H24N4O3S2/c1-5-12(6-2)19-23-24-20(29-19)22-17(25)10-14-11-28-18(21-14)13-7-8-15(26-3)16(9-13)27-4/h7-9,11-12H,5-6,10H2,1-4H3,(H,22,24,25). The summed E-state index contributed by atoms with van der Waals surface area (Å²) in [5.74, 6) is 1.54. The molecule has 0 fully saturated rings. The second-order valence-corrected chi connectivity index (χ2v) is 8.26. The molecule has 3 aromatic rings. The van der Waals surface area contributed by atoms with Gasteiger partial charge in [-0.3, -0.25) is 4.79 Å². The maximum Gasteiger partial charge on any atom is 0.232 e. The van der Waals surface area contributed by atoms with Crippen LogP contribution in [0.1, 0.15) is 43.3 Å². The number of amides is 1. The molecule has 0 spiro atoms. The maximum absolute atomic E-state index is 12.4. The third-order valence-corrected chi connectivity index (χ3v) is 6.49. The number of aromatic nitrogens is 3. The number of thiazole rings is 1. The van der Waals surface area contributed by atoms with Gasteiger partial charge in [0.25, 0.3) is 0 Å². The minimum absolute atomic E-state index is 0.151. The van der Waals surface area contributed by atoms with Gasteiger partial charge in [0.1, 0.15) is 10.0 Å². The normalized spacial score (nSPS) is 10.9. The Labute approximate surface area is 178 Å². The van der Waals surface area contributed by atoms with E-state index < -0.39 is 0 Å². The van der Waals surface area contributed by atoms with Crippen molar-refractivity contribution in [3.05, 3.63) is 34.3 Å². The Kier molecular flexibility index (Phi) is 7.16. The smallest absolute Gasteiger partial charge is 0.232 e. The molecule has 1 aromatic carbocycles. The van der Waals surface area contributed by atoms with Crippen molar-refractivity contribution >= 4 is 33.7 Å². The second-order valence-electron chi connectivity index (χ2n) is 6.40. The molecule has 2 aromatic heterocycles. The van der Waals surface area contributed by atoms with Gasteiger partial charge in [-0.1, -0.05) is 25.2 Å². The molecule has 0 unspecified atom stereocenters. The number of carbonyl (C=O) groups excluding carboxylic acids is 1. The molecule has 1 N–H and O–H groups in total. The van der Waals surface area contributed by atoms with E-state index in [0.717, 1.165) is 28.4 Å². The van der Waals surface area contributed by atoms with Crippen LogP contribution in [0.3, 0.4) is 0 Å². The van der Waals surface area contributed by atoms with E-state index in [9.17, 15) is 4.79 Å². The number of carbonyl (C=O) groups is 1. The molecular weight excluding hydrogens is 408 g/mol.